The van der Waals surface area contributed by atoms with Gasteiger partial charge >= 0.3 is 0 Å². The molecule has 8 heteroatoms. The third-order valence-corrected chi connectivity index (χ3v) is 5.28. The molecule has 0 N–H and O–H groups in total. The summed E-state index contributed by atoms with van der Waals surface area (Å²) in [5.41, 5.74) is 0.952. The van der Waals surface area contributed by atoms with Crippen LogP contribution in [0.25, 0.3) is 0 Å². The number of hydrogen-bond donors (Lipinski definition) is 0. The summed E-state index contributed by atoms with van der Waals surface area (Å²) in [6, 6.07) is 0.0220. The predicted octanol–water partition coefficient (Wildman–Crippen LogP) is 0.353. The van der Waals surface area contributed by atoms with Crippen molar-refractivity contribution in [3.8, 4) is 0 Å². The van der Waals surface area contributed by atoms with Crippen LogP contribution in [0.4, 0.5) is 0 Å². The number of hydrogen-bond acceptors (Lipinski definition) is 5. The molecule has 4 heterocycles. The maximum absolute atomic E-state index is 12.7. The minimum absolute atomic E-state index is 0.0220. The standard InChI is InChI=1S/C16H23N5O3/c22-15-4-2-1-3-6-19(15)10-16(23)20-7-5-14-13(9-20)21-12(11-24-14)8-17-18-21/h8,13-14H,1-7,9-11H2/t13-,14+/m0/s1. The lowest BCUT2D eigenvalue weighted by molar-refractivity contribution is -0.144. The van der Waals surface area contributed by atoms with Crippen molar-refractivity contribution in [2.45, 2.75) is 50.9 Å². The van der Waals surface area contributed by atoms with Crippen LogP contribution in [0.15, 0.2) is 6.20 Å². The van der Waals surface area contributed by atoms with Crippen LogP contribution in [-0.4, -0.2) is 68.9 Å². The van der Waals surface area contributed by atoms with E-state index in [4.69, 9.17) is 4.74 Å². The molecule has 0 aromatic carbocycles. The van der Waals surface area contributed by atoms with E-state index >= 15 is 0 Å². The number of ether oxygens (including phenoxy) is 1. The fourth-order valence-electron chi connectivity index (χ4n) is 3.87. The van der Waals surface area contributed by atoms with Gasteiger partial charge in [-0.25, -0.2) is 4.68 Å². The molecule has 2 amide bonds. The van der Waals surface area contributed by atoms with E-state index in [2.05, 4.69) is 10.3 Å². The van der Waals surface area contributed by atoms with Gasteiger partial charge in [-0.2, -0.15) is 0 Å². The smallest absolute Gasteiger partial charge is 0.242 e. The Kier molecular flexibility index (Phi) is 4.22. The summed E-state index contributed by atoms with van der Waals surface area (Å²) >= 11 is 0. The predicted molar refractivity (Wildman–Crippen MR) is 83.9 cm³/mol. The lowest BCUT2D eigenvalue weighted by atomic mass is 10.0. The summed E-state index contributed by atoms with van der Waals surface area (Å²) in [6.45, 7) is 2.67. The number of carbonyl (C=O) groups excluding carboxylic acids is 2. The van der Waals surface area contributed by atoms with Gasteiger partial charge in [0.1, 0.15) is 0 Å². The number of aromatic nitrogens is 3. The van der Waals surface area contributed by atoms with E-state index in [1.54, 1.807) is 11.1 Å². The Morgan fingerprint density at radius 2 is 2.21 bits per heavy atom. The van der Waals surface area contributed by atoms with Crippen molar-refractivity contribution in [2.24, 2.45) is 0 Å². The Labute approximate surface area is 140 Å². The van der Waals surface area contributed by atoms with Gasteiger partial charge in [-0.3, -0.25) is 9.59 Å². The first-order valence-electron chi connectivity index (χ1n) is 8.78. The lowest BCUT2D eigenvalue weighted by Crippen LogP contribution is -2.52. The molecule has 2 atom stereocenters. The molecule has 3 aliphatic rings. The zero-order valence-electron chi connectivity index (χ0n) is 13.8. The number of fused-ring (bicyclic) bond motifs is 3. The number of rotatable bonds is 2. The Morgan fingerprint density at radius 3 is 3.12 bits per heavy atom. The van der Waals surface area contributed by atoms with Crippen LogP contribution >= 0.6 is 0 Å². The van der Waals surface area contributed by atoms with E-state index in [0.717, 1.165) is 31.4 Å². The monoisotopic (exact) mass is 333 g/mol. The van der Waals surface area contributed by atoms with Crippen molar-refractivity contribution in [2.75, 3.05) is 26.2 Å². The third kappa shape index (κ3) is 2.90. The van der Waals surface area contributed by atoms with Crippen LogP contribution in [0.1, 0.15) is 43.8 Å². The van der Waals surface area contributed by atoms with Gasteiger partial charge in [-0.05, 0) is 19.3 Å². The number of nitrogens with zero attached hydrogens (tertiary/aromatic N) is 5. The minimum Gasteiger partial charge on any atom is -0.370 e. The number of piperidine rings is 1. The first-order valence-corrected chi connectivity index (χ1v) is 8.78. The van der Waals surface area contributed by atoms with Crippen LogP contribution in [0.2, 0.25) is 0 Å². The zero-order chi connectivity index (χ0) is 16.5. The molecule has 0 radical (unpaired) electrons. The molecular weight excluding hydrogens is 310 g/mol. The molecule has 1 aromatic heterocycles. The molecule has 4 rings (SSSR count). The highest BCUT2D eigenvalue weighted by Gasteiger charge is 2.38. The first-order chi connectivity index (χ1) is 11.7. The van der Waals surface area contributed by atoms with Gasteiger partial charge in [0, 0.05) is 26.1 Å². The molecule has 0 aliphatic carbocycles. The fraction of sp³-hybridized carbons (Fsp3) is 0.750. The first kappa shape index (κ1) is 15.6. The summed E-state index contributed by atoms with van der Waals surface area (Å²) in [7, 11) is 0. The van der Waals surface area contributed by atoms with Crippen molar-refractivity contribution in [3.05, 3.63) is 11.9 Å². The number of amides is 2. The summed E-state index contributed by atoms with van der Waals surface area (Å²) in [6.07, 6.45) is 6.15. The molecule has 2 saturated heterocycles. The van der Waals surface area contributed by atoms with Gasteiger partial charge in [0.05, 0.1) is 37.2 Å². The molecule has 8 nitrogen and oxygen atoms in total. The highest BCUT2D eigenvalue weighted by molar-refractivity contribution is 5.85. The maximum atomic E-state index is 12.7. The highest BCUT2D eigenvalue weighted by atomic mass is 16.5. The molecule has 0 saturated carbocycles. The van der Waals surface area contributed by atoms with Crippen molar-refractivity contribution in [1.82, 2.24) is 24.8 Å². The Bertz CT molecular complexity index is 631. The number of likely N-dealkylation sites (tertiary alicyclic amines) is 2. The van der Waals surface area contributed by atoms with Crippen LogP contribution in [-0.2, 0) is 20.9 Å². The van der Waals surface area contributed by atoms with Crippen LogP contribution < -0.4 is 0 Å². The van der Waals surface area contributed by atoms with Crippen LogP contribution in [0.3, 0.4) is 0 Å². The van der Waals surface area contributed by atoms with Crippen molar-refractivity contribution in [1.29, 1.82) is 0 Å². The van der Waals surface area contributed by atoms with E-state index in [9.17, 15) is 9.59 Å². The summed E-state index contributed by atoms with van der Waals surface area (Å²) in [5, 5.41) is 8.11. The van der Waals surface area contributed by atoms with Gasteiger partial charge in [0.15, 0.2) is 0 Å². The van der Waals surface area contributed by atoms with Crippen LogP contribution in [0.5, 0.6) is 0 Å². The van der Waals surface area contributed by atoms with Crippen molar-refractivity contribution >= 4 is 11.8 Å². The second-order valence-corrected chi connectivity index (χ2v) is 6.84. The zero-order valence-corrected chi connectivity index (χ0v) is 13.8. The molecule has 24 heavy (non-hydrogen) atoms. The van der Waals surface area contributed by atoms with Crippen LogP contribution in [0, 0.1) is 0 Å². The molecule has 0 spiro atoms. The minimum atomic E-state index is 0.0220. The normalized spacial score (nSPS) is 27.4. The van der Waals surface area contributed by atoms with E-state index in [0.29, 0.717) is 32.7 Å². The lowest BCUT2D eigenvalue weighted by Gasteiger charge is -2.41. The Hall–Kier alpha value is -1.96. The summed E-state index contributed by atoms with van der Waals surface area (Å²) in [4.78, 5) is 28.4. The quantitative estimate of drug-likeness (QED) is 0.780. The Morgan fingerprint density at radius 1 is 1.29 bits per heavy atom. The molecular formula is C16H23N5O3. The van der Waals surface area contributed by atoms with E-state index < -0.39 is 0 Å². The second kappa shape index (κ2) is 6.51. The van der Waals surface area contributed by atoms with Gasteiger partial charge < -0.3 is 14.5 Å². The van der Waals surface area contributed by atoms with E-state index in [-0.39, 0.29) is 30.5 Å². The van der Waals surface area contributed by atoms with Gasteiger partial charge in [0.2, 0.25) is 11.8 Å². The van der Waals surface area contributed by atoms with Crippen molar-refractivity contribution < 1.29 is 14.3 Å². The third-order valence-electron chi connectivity index (χ3n) is 5.28. The fourth-order valence-corrected chi connectivity index (χ4v) is 3.87. The molecule has 3 aliphatic heterocycles. The summed E-state index contributed by atoms with van der Waals surface area (Å²) in [5.74, 6) is 0.131. The molecule has 2 fully saturated rings. The van der Waals surface area contributed by atoms with Crippen molar-refractivity contribution in [3.63, 3.8) is 0 Å². The van der Waals surface area contributed by atoms with E-state index in [1.165, 1.54) is 0 Å². The molecule has 0 unspecified atom stereocenters. The largest absolute Gasteiger partial charge is 0.370 e. The maximum Gasteiger partial charge on any atom is 0.242 e. The average molecular weight is 333 g/mol. The average Bonchev–Trinajstić information content (AvgIpc) is 3.00. The second-order valence-electron chi connectivity index (χ2n) is 6.84. The van der Waals surface area contributed by atoms with Gasteiger partial charge in [-0.15, -0.1) is 5.10 Å². The topological polar surface area (TPSA) is 80.6 Å². The number of carbonyl (C=O) groups is 2. The Balaban J connectivity index is 1.42. The summed E-state index contributed by atoms with van der Waals surface area (Å²) < 4.78 is 7.77. The highest BCUT2D eigenvalue weighted by Crippen LogP contribution is 2.30. The molecule has 0 bridgehead atoms. The van der Waals surface area contributed by atoms with Gasteiger partial charge in [-0.1, -0.05) is 11.6 Å². The molecule has 130 valence electrons. The molecule has 1 aromatic rings. The SMILES string of the molecule is O=C1CCCCCN1CC(=O)N1CC[C@H]2OCc3cnnn3[C@H]2C1. The van der Waals surface area contributed by atoms with Gasteiger partial charge in [0.25, 0.3) is 0 Å². The van der Waals surface area contributed by atoms with E-state index in [1.807, 2.05) is 9.58 Å².